The fourth-order valence-corrected chi connectivity index (χ4v) is 1.11. The molecule has 1 aromatic carbocycles. The molecular formula is C9H7ClFNO3. The summed E-state index contributed by atoms with van der Waals surface area (Å²) in [6.07, 6.45) is 2.94. The van der Waals surface area contributed by atoms with Crippen molar-refractivity contribution in [2.45, 2.75) is 0 Å². The van der Waals surface area contributed by atoms with Crippen LogP contribution in [0.4, 0.5) is 10.1 Å². The Balaban J connectivity index is 3.23. The molecule has 0 saturated heterocycles. The van der Waals surface area contributed by atoms with Crippen molar-refractivity contribution in [3.05, 3.63) is 39.7 Å². The van der Waals surface area contributed by atoms with E-state index in [1.807, 2.05) is 0 Å². The van der Waals surface area contributed by atoms with Crippen molar-refractivity contribution < 1.29 is 14.4 Å². The summed E-state index contributed by atoms with van der Waals surface area (Å²) in [5.74, 6) is -1.77. The number of phenolic OH excluding ortho intramolecular Hbond substituents is 1. The van der Waals surface area contributed by atoms with E-state index in [-0.39, 0.29) is 11.4 Å². The number of alkyl halides is 1. The molecule has 0 fully saturated rings. The minimum absolute atomic E-state index is 0.219. The summed E-state index contributed by atoms with van der Waals surface area (Å²) < 4.78 is 13.0. The summed E-state index contributed by atoms with van der Waals surface area (Å²) in [4.78, 5) is 9.58. The van der Waals surface area contributed by atoms with Crippen LogP contribution < -0.4 is 0 Å². The van der Waals surface area contributed by atoms with Crippen LogP contribution >= 0.6 is 11.6 Å². The zero-order valence-corrected chi connectivity index (χ0v) is 8.24. The highest BCUT2D eigenvalue weighted by Crippen LogP contribution is 2.30. The van der Waals surface area contributed by atoms with Crippen LogP contribution in [0.2, 0.25) is 0 Å². The molecule has 0 aromatic heterocycles. The largest absolute Gasteiger partial charge is 0.500 e. The van der Waals surface area contributed by atoms with Gasteiger partial charge < -0.3 is 5.11 Å². The number of nitro benzene ring substituents is 1. The predicted octanol–water partition coefficient (Wildman–Crippen LogP) is 2.69. The van der Waals surface area contributed by atoms with E-state index in [1.165, 1.54) is 12.2 Å². The highest BCUT2D eigenvalue weighted by molar-refractivity contribution is 6.19. The third-order valence-electron chi connectivity index (χ3n) is 1.66. The molecule has 0 amide bonds. The van der Waals surface area contributed by atoms with E-state index in [9.17, 15) is 14.5 Å². The smallest absolute Gasteiger partial charge is 0.314 e. The minimum atomic E-state index is -1.03. The lowest BCUT2D eigenvalue weighted by Crippen LogP contribution is -1.92. The molecule has 4 nitrogen and oxygen atoms in total. The van der Waals surface area contributed by atoms with Gasteiger partial charge in [0.25, 0.3) is 0 Å². The van der Waals surface area contributed by atoms with Crippen LogP contribution in [0, 0.1) is 15.9 Å². The van der Waals surface area contributed by atoms with E-state index in [4.69, 9.17) is 16.7 Å². The van der Waals surface area contributed by atoms with Gasteiger partial charge in [-0.15, -0.1) is 11.6 Å². The van der Waals surface area contributed by atoms with E-state index in [0.717, 1.165) is 12.1 Å². The Morgan fingerprint density at radius 1 is 1.60 bits per heavy atom. The van der Waals surface area contributed by atoms with Gasteiger partial charge in [-0.05, 0) is 11.6 Å². The number of hydrogen-bond acceptors (Lipinski definition) is 3. The summed E-state index contributed by atoms with van der Waals surface area (Å²) in [5.41, 5.74) is -0.387. The Morgan fingerprint density at radius 2 is 2.27 bits per heavy atom. The van der Waals surface area contributed by atoms with Crippen LogP contribution in [0.15, 0.2) is 18.2 Å². The van der Waals surface area contributed by atoms with Crippen LogP contribution in [-0.4, -0.2) is 15.9 Å². The van der Waals surface area contributed by atoms with Crippen molar-refractivity contribution in [3.8, 4) is 5.75 Å². The van der Waals surface area contributed by atoms with Crippen molar-refractivity contribution >= 4 is 23.4 Å². The first kappa shape index (κ1) is 11.5. The summed E-state index contributed by atoms with van der Waals surface area (Å²) in [5, 5.41) is 19.5. The fraction of sp³-hybridized carbons (Fsp3) is 0.111. The quantitative estimate of drug-likeness (QED) is 0.494. The van der Waals surface area contributed by atoms with Crippen LogP contribution in [0.3, 0.4) is 0 Å². The van der Waals surface area contributed by atoms with Gasteiger partial charge in [0.1, 0.15) is 0 Å². The molecule has 1 N–H and O–H groups in total. The molecule has 1 aromatic rings. The van der Waals surface area contributed by atoms with Gasteiger partial charge in [0.15, 0.2) is 5.82 Å². The second-order valence-corrected chi connectivity index (χ2v) is 2.99. The van der Waals surface area contributed by atoms with Gasteiger partial charge in [-0.2, -0.15) is 0 Å². The van der Waals surface area contributed by atoms with E-state index in [0.29, 0.717) is 0 Å². The number of phenols is 1. The van der Waals surface area contributed by atoms with Gasteiger partial charge in [-0.1, -0.05) is 12.2 Å². The molecule has 0 aliphatic heterocycles. The number of benzene rings is 1. The van der Waals surface area contributed by atoms with Crippen LogP contribution in [0.1, 0.15) is 5.56 Å². The molecule has 0 heterocycles. The average Bonchev–Trinajstić information content (AvgIpc) is 2.19. The zero-order chi connectivity index (χ0) is 11.4. The number of aromatic hydroxyl groups is 1. The SMILES string of the molecule is O=[N+]([O-])c1cc(C=CCCl)cc(F)c1O. The van der Waals surface area contributed by atoms with Gasteiger partial charge in [0, 0.05) is 11.9 Å². The predicted molar refractivity (Wildman–Crippen MR) is 54.5 cm³/mol. The molecule has 0 atom stereocenters. The maximum atomic E-state index is 13.0. The Bertz CT molecular complexity index is 420. The molecular weight excluding hydrogens is 225 g/mol. The Hall–Kier alpha value is -1.62. The highest BCUT2D eigenvalue weighted by atomic mass is 35.5. The molecule has 0 saturated carbocycles. The van der Waals surface area contributed by atoms with Crippen LogP contribution in [-0.2, 0) is 0 Å². The fourth-order valence-electron chi connectivity index (χ4n) is 1.02. The summed E-state index contributed by atoms with van der Waals surface area (Å²) in [7, 11) is 0. The van der Waals surface area contributed by atoms with Crippen molar-refractivity contribution in [2.24, 2.45) is 0 Å². The molecule has 0 radical (unpaired) electrons. The Morgan fingerprint density at radius 3 is 2.80 bits per heavy atom. The monoisotopic (exact) mass is 231 g/mol. The summed E-state index contributed by atoms with van der Waals surface area (Å²) in [6.45, 7) is 0. The first-order chi connectivity index (χ1) is 7.06. The molecule has 0 aliphatic carbocycles. The summed E-state index contributed by atoms with van der Waals surface area (Å²) >= 11 is 5.36. The number of hydrogen-bond donors (Lipinski definition) is 1. The highest BCUT2D eigenvalue weighted by Gasteiger charge is 2.18. The molecule has 80 valence electrons. The van der Waals surface area contributed by atoms with Crippen LogP contribution in [0.25, 0.3) is 6.08 Å². The van der Waals surface area contributed by atoms with E-state index in [2.05, 4.69) is 0 Å². The van der Waals surface area contributed by atoms with E-state index in [1.54, 1.807) is 0 Å². The van der Waals surface area contributed by atoms with Gasteiger partial charge >= 0.3 is 5.69 Å². The maximum Gasteiger partial charge on any atom is 0.314 e. The summed E-state index contributed by atoms with van der Waals surface area (Å²) in [6, 6.07) is 2.06. The number of allylic oxidation sites excluding steroid dienone is 1. The molecule has 0 spiro atoms. The maximum absolute atomic E-state index is 13.0. The third-order valence-corrected chi connectivity index (χ3v) is 1.84. The van der Waals surface area contributed by atoms with Crippen molar-refractivity contribution in [1.29, 1.82) is 0 Å². The normalized spacial score (nSPS) is 10.8. The molecule has 0 aliphatic rings. The van der Waals surface area contributed by atoms with Crippen molar-refractivity contribution in [2.75, 3.05) is 5.88 Å². The second-order valence-electron chi connectivity index (χ2n) is 2.68. The molecule has 1 rings (SSSR count). The Labute approximate surface area is 89.8 Å². The average molecular weight is 232 g/mol. The standard InChI is InChI=1S/C9H7ClFNO3/c10-3-1-2-6-4-7(11)9(13)8(5-6)12(14)15/h1-2,4-5,13H,3H2. The molecule has 0 unspecified atom stereocenters. The first-order valence-corrected chi connectivity index (χ1v) is 4.49. The number of nitro groups is 1. The van der Waals surface area contributed by atoms with E-state index >= 15 is 0 Å². The number of nitrogens with zero attached hydrogens (tertiary/aromatic N) is 1. The molecule has 15 heavy (non-hydrogen) atoms. The lowest BCUT2D eigenvalue weighted by atomic mass is 10.1. The first-order valence-electron chi connectivity index (χ1n) is 3.95. The van der Waals surface area contributed by atoms with Crippen molar-refractivity contribution in [1.82, 2.24) is 0 Å². The topological polar surface area (TPSA) is 63.4 Å². The molecule has 0 bridgehead atoms. The third kappa shape index (κ3) is 2.66. The van der Waals surface area contributed by atoms with Crippen LogP contribution in [0.5, 0.6) is 5.75 Å². The lowest BCUT2D eigenvalue weighted by molar-refractivity contribution is -0.386. The lowest BCUT2D eigenvalue weighted by Gasteiger charge is -1.99. The minimum Gasteiger partial charge on any atom is -0.500 e. The van der Waals surface area contributed by atoms with Gasteiger partial charge in [0.2, 0.25) is 5.75 Å². The second kappa shape index (κ2) is 4.75. The van der Waals surface area contributed by atoms with E-state index < -0.39 is 22.2 Å². The van der Waals surface area contributed by atoms with Gasteiger partial charge in [-0.3, -0.25) is 10.1 Å². The number of halogens is 2. The van der Waals surface area contributed by atoms with Gasteiger partial charge in [-0.25, -0.2) is 4.39 Å². The van der Waals surface area contributed by atoms with Gasteiger partial charge in [0.05, 0.1) is 4.92 Å². The molecule has 6 heteroatoms. The van der Waals surface area contributed by atoms with Crippen molar-refractivity contribution in [3.63, 3.8) is 0 Å². The zero-order valence-electron chi connectivity index (χ0n) is 7.48. The number of rotatable bonds is 3. The Kier molecular flexibility index (Phi) is 3.62.